The van der Waals surface area contributed by atoms with Crippen molar-refractivity contribution in [2.45, 2.75) is 51.9 Å². The maximum atomic E-state index is 14.0. The minimum Gasteiger partial charge on any atom is -0.444 e. The first-order valence-electron chi connectivity index (χ1n) is 13.2. The molecule has 0 spiro atoms. The van der Waals surface area contributed by atoms with Crippen molar-refractivity contribution in [2.75, 3.05) is 16.4 Å². The summed E-state index contributed by atoms with van der Waals surface area (Å²) in [4.78, 5) is 28.9. The van der Waals surface area contributed by atoms with Crippen molar-refractivity contribution < 1.29 is 31.9 Å². The molecule has 0 saturated heterocycles. The quantitative estimate of drug-likeness (QED) is 0.135. The van der Waals surface area contributed by atoms with E-state index in [9.17, 15) is 27.2 Å². The third kappa shape index (κ3) is 7.96. The summed E-state index contributed by atoms with van der Waals surface area (Å²) >= 11 is 1.41. The van der Waals surface area contributed by atoms with Crippen LogP contribution in [0.15, 0.2) is 54.0 Å². The Balaban J connectivity index is 1.52. The number of halogens is 4. The van der Waals surface area contributed by atoms with E-state index in [1.807, 2.05) is 5.38 Å². The van der Waals surface area contributed by atoms with Crippen LogP contribution in [0.1, 0.15) is 45.7 Å². The predicted molar refractivity (Wildman–Crippen MR) is 164 cm³/mol. The van der Waals surface area contributed by atoms with Crippen molar-refractivity contribution >= 4 is 50.7 Å². The number of benzene rings is 2. The highest BCUT2D eigenvalue weighted by Gasteiger charge is 2.31. The molecular weight excluding hydrogens is 598 g/mol. The first-order valence-corrected chi connectivity index (χ1v) is 14.0. The molecule has 230 valence electrons. The number of nitrogens with two attached hydrogens (primary N) is 1. The normalized spacial score (nSPS) is 11.8. The molecule has 0 bridgehead atoms. The molecule has 0 aliphatic carbocycles. The molecule has 2 aromatic heterocycles. The number of alkyl carbamates (subject to hydrolysis) is 1. The molecule has 0 unspecified atom stereocenters. The molecule has 13 heteroatoms. The minimum atomic E-state index is -4.69. The van der Waals surface area contributed by atoms with Gasteiger partial charge in [-0.1, -0.05) is 24.0 Å². The third-order valence-corrected chi connectivity index (χ3v) is 6.96. The molecule has 0 saturated carbocycles. The largest absolute Gasteiger partial charge is 0.444 e. The van der Waals surface area contributed by atoms with E-state index in [1.165, 1.54) is 11.3 Å². The number of anilines is 3. The Hall–Kier alpha value is -4.83. The van der Waals surface area contributed by atoms with Crippen LogP contribution in [0.3, 0.4) is 0 Å². The van der Waals surface area contributed by atoms with Gasteiger partial charge in [0.25, 0.3) is 0 Å². The highest BCUT2D eigenvalue weighted by molar-refractivity contribution is 7.18. The molecule has 2 aromatic carbocycles. The summed E-state index contributed by atoms with van der Waals surface area (Å²) < 4.78 is 59.0. The number of pyridine rings is 1. The highest BCUT2D eigenvalue weighted by Crippen LogP contribution is 2.39. The maximum absolute atomic E-state index is 14.0. The van der Waals surface area contributed by atoms with Gasteiger partial charge in [-0.3, -0.25) is 0 Å². The number of nitrogens with one attached hydrogen (secondary N) is 3. The van der Waals surface area contributed by atoms with Crippen molar-refractivity contribution in [1.29, 1.82) is 0 Å². The second-order valence-corrected chi connectivity index (χ2v) is 12.1. The van der Waals surface area contributed by atoms with Crippen molar-refractivity contribution in [1.82, 2.24) is 10.3 Å². The van der Waals surface area contributed by atoms with Crippen LogP contribution < -0.4 is 21.7 Å². The fourth-order valence-electron chi connectivity index (χ4n) is 4.00. The zero-order valence-corrected chi connectivity index (χ0v) is 25.2. The van der Waals surface area contributed by atoms with E-state index in [1.54, 1.807) is 65.1 Å². The number of nitrogens with zero attached hydrogens (tertiary/aromatic N) is 1. The lowest BCUT2D eigenvalue weighted by Gasteiger charge is -2.24. The number of ether oxygens (including phenoxy) is 1. The fraction of sp³-hybridized carbons (Fsp3) is 0.258. The molecule has 4 aromatic rings. The lowest BCUT2D eigenvalue weighted by molar-refractivity contribution is -0.137. The second kappa shape index (κ2) is 12.0. The van der Waals surface area contributed by atoms with Crippen LogP contribution in [0, 0.1) is 17.7 Å². The average molecular weight is 628 g/mol. The third-order valence-electron chi connectivity index (χ3n) is 5.94. The Morgan fingerprint density at radius 3 is 2.32 bits per heavy atom. The van der Waals surface area contributed by atoms with Crippen LogP contribution in [0.5, 0.6) is 0 Å². The summed E-state index contributed by atoms with van der Waals surface area (Å²) in [6.07, 6.45) is -3.72. The van der Waals surface area contributed by atoms with Gasteiger partial charge in [0, 0.05) is 22.8 Å². The standard InChI is InChI=1S/C31H29F4N5O3S/c1-29(2,3)43-28(42)40-30(4,5)13-12-18-15-37-26(36)24-21(16-44-25(18)24)17-6-9-20(10-7-17)38-27(41)39-23-14-19(31(33,34)35)8-11-22(23)32/h6-11,14-16H,1-5H3,(H2,36,37)(H,40,42)(H2,38,39,41). The van der Waals surface area contributed by atoms with Crippen LogP contribution >= 0.6 is 11.3 Å². The first kappa shape index (κ1) is 32.1. The SMILES string of the molecule is CC(C)(C#Cc1cnc(N)c2c(-c3ccc(NC(=O)Nc4cc(C(F)(F)F)ccc4F)cc3)csc12)NC(=O)OC(C)(C)C. The summed E-state index contributed by atoms with van der Waals surface area (Å²) in [5.74, 6) is 5.41. The van der Waals surface area contributed by atoms with E-state index in [0.29, 0.717) is 34.8 Å². The summed E-state index contributed by atoms with van der Waals surface area (Å²) in [5, 5.41) is 9.89. The zero-order valence-electron chi connectivity index (χ0n) is 24.4. The van der Waals surface area contributed by atoms with E-state index >= 15 is 0 Å². The van der Waals surface area contributed by atoms with Crippen LogP contribution in [-0.2, 0) is 10.9 Å². The van der Waals surface area contributed by atoms with Crippen molar-refractivity contribution in [3.63, 3.8) is 0 Å². The number of amides is 3. The summed E-state index contributed by atoms with van der Waals surface area (Å²) in [6.45, 7) is 8.80. The molecular formula is C31H29F4N5O3S. The Morgan fingerprint density at radius 2 is 1.68 bits per heavy atom. The van der Waals surface area contributed by atoms with Gasteiger partial charge < -0.3 is 26.4 Å². The smallest absolute Gasteiger partial charge is 0.416 e. The summed E-state index contributed by atoms with van der Waals surface area (Å²) in [7, 11) is 0. The van der Waals surface area contributed by atoms with E-state index in [0.717, 1.165) is 15.8 Å². The molecule has 8 nitrogen and oxygen atoms in total. The number of aromatic nitrogens is 1. The Bertz CT molecular complexity index is 1780. The van der Waals surface area contributed by atoms with Gasteiger partial charge in [0.15, 0.2) is 0 Å². The first-order chi connectivity index (χ1) is 20.4. The van der Waals surface area contributed by atoms with E-state index in [2.05, 4.69) is 32.8 Å². The molecule has 4 rings (SSSR count). The fourth-order valence-corrected chi connectivity index (χ4v) is 5.05. The lowest BCUT2D eigenvalue weighted by Crippen LogP contribution is -2.44. The number of carbonyl (C=O) groups is 2. The monoisotopic (exact) mass is 627 g/mol. The molecule has 0 radical (unpaired) electrons. The molecule has 2 heterocycles. The maximum Gasteiger partial charge on any atom is 0.416 e. The molecule has 5 N–H and O–H groups in total. The van der Waals surface area contributed by atoms with Crippen molar-refractivity contribution in [3.8, 4) is 23.0 Å². The number of urea groups is 1. The average Bonchev–Trinajstić information content (AvgIpc) is 3.34. The highest BCUT2D eigenvalue weighted by atomic mass is 32.1. The van der Waals surface area contributed by atoms with E-state index < -0.39 is 46.5 Å². The number of fused-ring (bicyclic) bond motifs is 1. The van der Waals surface area contributed by atoms with Gasteiger partial charge in [0.1, 0.15) is 17.2 Å². The Labute approximate surface area is 255 Å². The lowest BCUT2D eigenvalue weighted by atomic mass is 10.0. The van der Waals surface area contributed by atoms with E-state index in [4.69, 9.17) is 10.5 Å². The molecule has 44 heavy (non-hydrogen) atoms. The molecule has 0 aliphatic heterocycles. The van der Waals surface area contributed by atoms with Gasteiger partial charge in [-0.05, 0) is 75.9 Å². The van der Waals surface area contributed by atoms with Crippen molar-refractivity contribution in [3.05, 3.63) is 71.0 Å². The van der Waals surface area contributed by atoms with Crippen LogP contribution in [0.25, 0.3) is 21.2 Å². The number of alkyl halides is 3. The van der Waals surface area contributed by atoms with Crippen LogP contribution in [0.2, 0.25) is 0 Å². The summed E-state index contributed by atoms with van der Waals surface area (Å²) in [6, 6.07) is 7.43. The number of nitrogen functional groups attached to an aromatic ring is 1. The van der Waals surface area contributed by atoms with E-state index in [-0.39, 0.29) is 5.82 Å². The zero-order chi connectivity index (χ0) is 32.4. The predicted octanol–water partition coefficient (Wildman–Crippen LogP) is 8.00. The Kier molecular flexibility index (Phi) is 8.78. The topological polar surface area (TPSA) is 118 Å². The van der Waals surface area contributed by atoms with Gasteiger partial charge >= 0.3 is 18.3 Å². The molecule has 0 aliphatic rings. The van der Waals surface area contributed by atoms with Gasteiger partial charge in [-0.25, -0.2) is 19.0 Å². The van der Waals surface area contributed by atoms with Crippen LogP contribution in [-0.4, -0.2) is 28.2 Å². The van der Waals surface area contributed by atoms with Gasteiger partial charge in [0.2, 0.25) is 0 Å². The Morgan fingerprint density at radius 1 is 1.00 bits per heavy atom. The van der Waals surface area contributed by atoms with Gasteiger partial charge in [-0.15, -0.1) is 11.3 Å². The molecule has 0 atom stereocenters. The van der Waals surface area contributed by atoms with Gasteiger partial charge in [-0.2, -0.15) is 13.2 Å². The molecule has 0 fully saturated rings. The number of carbonyl (C=O) groups excluding carboxylic acids is 2. The van der Waals surface area contributed by atoms with Crippen molar-refractivity contribution in [2.24, 2.45) is 0 Å². The number of hydrogen-bond acceptors (Lipinski definition) is 6. The summed E-state index contributed by atoms with van der Waals surface area (Å²) in [5.41, 5.74) is 5.43. The van der Waals surface area contributed by atoms with Crippen LogP contribution in [0.4, 0.5) is 44.3 Å². The number of thiophene rings is 1. The minimum absolute atomic E-state index is 0.289. The number of hydrogen-bond donors (Lipinski definition) is 4. The number of rotatable bonds is 4. The van der Waals surface area contributed by atoms with Gasteiger partial charge in [0.05, 0.1) is 27.1 Å². The second-order valence-electron chi connectivity index (χ2n) is 11.3. The molecule has 3 amide bonds.